The molecule has 2 unspecified atom stereocenters. The lowest BCUT2D eigenvalue weighted by Crippen LogP contribution is -2.26. The van der Waals surface area contributed by atoms with Crippen LogP contribution in [0.1, 0.15) is 25.5 Å². The van der Waals surface area contributed by atoms with E-state index in [0.29, 0.717) is 17.1 Å². The quantitative estimate of drug-likeness (QED) is 0.847. The summed E-state index contributed by atoms with van der Waals surface area (Å²) in [6.45, 7) is 4.01. The van der Waals surface area contributed by atoms with Crippen LogP contribution >= 0.6 is 0 Å². The Bertz CT molecular complexity index is 376. The second-order valence-electron chi connectivity index (χ2n) is 4.50. The standard InChI is InChI=1S/C14H22O4/c1-9(2)14(18-5)13(15)11-8-10(16-3)6-7-12(11)17-4/h6-9,13-15H,1-5H3. The number of benzene rings is 1. The van der Waals surface area contributed by atoms with Crippen molar-refractivity contribution < 1.29 is 19.3 Å². The lowest BCUT2D eigenvalue weighted by atomic mass is 9.95. The fourth-order valence-electron chi connectivity index (χ4n) is 2.01. The summed E-state index contributed by atoms with van der Waals surface area (Å²) in [7, 11) is 4.77. The van der Waals surface area contributed by atoms with Crippen LogP contribution in [0.3, 0.4) is 0 Å². The molecule has 0 spiro atoms. The fraction of sp³-hybridized carbons (Fsp3) is 0.571. The zero-order valence-electron chi connectivity index (χ0n) is 11.6. The van der Waals surface area contributed by atoms with E-state index in [4.69, 9.17) is 14.2 Å². The van der Waals surface area contributed by atoms with Crippen molar-refractivity contribution in [2.75, 3.05) is 21.3 Å². The molecule has 0 aromatic heterocycles. The van der Waals surface area contributed by atoms with E-state index in [1.807, 2.05) is 13.8 Å². The van der Waals surface area contributed by atoms with Gasteiger partial charge in [0, 0.05) is 12.7 Å². The Morgan fingerprint density at radius 2 is 1.72 bits per heavy atom. The summed E-state index contributed by atoms with van der Waals surface area (Å²) >= 11 is 0. The average Bonchev–Trinajstić information content (AvgIpc) is 2.38. The van der Waals surface area contributed by atoms with Crippen LogP contribution in [0.2, 0.25) is 0 Å². The predicted molar refractivity (Wildman–Crippen MR) is 70.1 cm³/mol. The zero-order chi connectivity index (χ0) is 13.7. The van der Waals surface area contributed by atoms with Gasteiger partial charge >= 0.3 is 0 Å². The first-order chi connectivity index (χ1) is 8.54. The van der Waals surface area contributed by atoms with Gasteiger partial charge in [0.05, 0.1) is 20.3 Å². The Balaban J connectivity index is 3.12. The second-order valence-corrected chi connectivity index (χ2v) is 4.50. The van der Waals surface area contributed by atoms with Crippen LogP contribution in [0, 0.1) is 5.92 Å². The Hall–Kier alpha value is -1.26. The van der Waals surface area contributed by atoms with Crippen LogP contribution in [0.5, 0.6) is 11.5 Å². The molecule has 0 aliphatic heterocycles. The van der Waals surface area contributed by atoms with E-state index in [1.165, 1.54) is 0 Å². The Kier molecular flexibility index (Phi) is 5.44. The van der Waals surface area contributed by atoms with E-state index < -0.39 is 6.10 Å². The first-order valence-corrected chi connectivity index (χ1v) is 5.97. The second kappa shape index (κ2) is 6.61. The van der Waals surface area contributed by atoms with Crippen LogP contribution in [-0.4, -0.2) is 32.5 Å². The predicted octanol–water partition coefficient (Wildman–Crippen LogP) is 2.41. The van der Waals surface area contributed by atoms with Gasteiger partial charge in [0.15, 0.2) is 0 Å². The molecular weight excluding hydrogens is 232 g/mol. The van der Waals surface area contributed by atoms with Gasteiger partial charge < -0.3 is 19.3 Å². The highest BCUT2D eigenvalue weighted by molar-refractivity contribution is 5.42. The summed E-state index contributed by atoms with van der Waals surface area (Å²) in [6.07, 6.45) is -1.04. The molecule has 0 bridgehead atoms. The number of aliphatic hydroxyl groups excluding tert-OH is 1. The summed E-state index contributed by atoms with van der Waals surface area (Å²) in [4.78, 5) is 0. The van der Waals surface area contributed by atoms with Gasteiger partial charge in [-0.25, -0.2) is 0 Å². The highest BCUT2D eigenvalue weighted by Gasteiger charge is 2.26. The van der Waals surface area contributed by atoms with Gasteiger partial charge in [-0.3, -0.25) is 0 Å². The molecule has 0 aliphatic carbocycles. The molecule has 2 atom stereocenters. The molecule has 0 fully saturated rings. The van der Waals surface area contributed by atoms with Crippen molar-refractivity contribution in [2.45, 2.75) is 26.1 Å². The molecule has 4 nitrogen and oxygen atoms in total. The number of methoxy groups -OCH3 is 3. The van der Waals surface area contributed by atoms with E-state index in [0.717, 1.165) is 0 Å². The number of hydrogen-bond donors (Lipinski definition) is 1. The van der Waals surface area contributed by atoms with Crippen LogP contribution in [-0.2, 0) is 4.74 Å². The van der Waals surface area contributed by atoms with Crippen molar-refractivity contribution in [3.63, 3.8) is 0 Å². The topological polar surface area (TPSA) is 47.9 Å². The number of hydrogen-bond acceptors (Lipinski definition) is 4. The van der Waals surface area contributed by atoms with Crippen molar-refractivity contribution >= 4 is 0 Å². The third-order valence-electron chi connectivity index (χ3n) is 3.00. The lowest BCUT2D eigenvalue weighted by Gasteiger charge is -2.26. The third-order valence-corrected chi connectivity index (χ3v) is 3.00. The number of ether oxygens (including phenoxy) is 3. The molecule has 0 saturated carbocycles. The molecule has 0 radical (unpaired) electrons. The molecule has 0 heterocycles. The molecule has 0 amide bonds. The smallest absolute Gasteiger partial charge is 0.125 e. The minimum absolute atomic E-state index is 0.195. The van der Waals surface area contributed by atoms with Crippen molar-refractivity contribution in [2.24, 2.45) is 5.92 Å². The van der Waals surface area contributed by atoms with Crippen LogP contribution < -0.4 is 9.47 Å². The van der Waals surface area contributed by atoms with Crippen LogP contribution in [0.25, 0.3) is 0 Å². The molecule has 1 rings (SSSR count). The summed E-state index contributed by atoms with van der Waals surface area (Å²) in [5, 5.41) is 10.4. The van der Waals surface area contributed by atoms with Crippen molar-refractivity contribution in [3.8, 4) is 11.5 Å². The normalized spacial score (nSPS) is 14.4. The van der Waals surface area contributed by atoms with Crippen LogP contribution in [0.4, 0.5) is 0 Å². The SMILES string of the molecule is COc1ccc(OC)c(C(O)C(OC)C(C)C)c1. The Morgan fingerprint density at radius 1 is 1.06 bits per heavy atom. The van der Waals surface area contributed by atoms with Crippen LogP contribution in [0.15, 0.2) is 18.2 Å². The molecule has 1 aromatic carbocycles. The first kappa shape index (κ1) is 14.8. The van der Waals surface area contributed by atoms with Gasteiger partial charge in [-0.05, 0) is 24.1 Å². The average molecular weight is 254 g/mol. The Morgan fingerprint density at radius 3 is 2.17 bits per heavy atom. The lowest BCUT2D eigenvalue weighted by molar-refractivity contribution is -0.0399. The molecule has 0 saturated heterocycles. The monoisotopic (exact) mass is 254 g/mol. The number of rotatable bonds is 6. The maximum absolute atomic E-state index is 10.4. The van der Waals surface area contributed by atoms with E-state index in [1.54, 1.807) is 39.5 Å². The van der Waals surface area contributed by atoms with Crippen molar-refractivity contribution in [3.05, 3.63) is 23.8 Å². The minimum Gasteiger partial charge on any atom is -0.497 e. The Labute approximate surface area is 108 Å². The number of aliphatic hydroxyl groups is 1. The summed E-state index contributed by atoms with van der Waals surface area (Å²) < 4.78 is 15.8. The molecule has 0 aliphatic rings. The van der Waals surface area contributed by atoms with Gasteiger partial charge in [0.1, 0.15) is 17.6 Å². The minimum atomic E-state index is -0.750. The highest BCUT2D eigenvalue weighted by Crippen LogP contribution is 2.33. The van der Waals surface area contributed by atoms with Crippen molar-refractivity contribution in [1.29, 1.82) is 0 Å². The molecule has 1 N–H and O–H groups in total. The van der Waals surface area contributed by atoms with Gasteiger partial charge in [0.25, 0.3) is 0 Å². The molecule has 1 aromatic rings. The van der Waals surface area contributed by atoms with Gasteiger partial charge in [-0.15, -0.1) is 0 Å². The van der Waals surface area contributed by atoms with Crippen molar-refractivity contribution in [1.82, 2.24) is 0 Å². The van der Waals surface area contributed by atoms with Gasteiger partial charge in [0.2, 0.25) is 0 Å². The summed E-state index contributed by atoms with van der Waals surface area (Å²) in [5.41, 5.74) is 0.678. The first-order valence-electron chi connectivity index (χ1n) is 5.97. The molecular formula is C14H22O4. The third kappa shape index (κ3) is 3.15. The van der Waals surface area contributed by atoms with E-state index in [9.17, 15) is 5.11 Å². The fourth-order valence-corrected chi connectivity index (χ4v) is 2.01. The molecule has 4 heteroatoms. The van der Waals surface area contributed by atoms with E-state index >= 15 is 0 Å². The van der Waals surface area contributed by atoms with Gasteiger partial charge in [-0.2, -0.15) is 0 Å². The maximum Gasteiger partial charge on any atom is 0.125 e. The summed E-state index contributed by atoms with van der Waals surface area (Å²) in [6, 6.07) is 5.36. The largest absolute Gasteiger partial charge is 0.497 e. The highest BCUT2D eigenvalue weighted by atomic mass is 16.5. The molecule has 102 valence electrons. The van der Waals surface area contributed by atoms with E-state index in [2.05, 4.69) is 0 Å². The zero-order valence-corrected chi connectivity index (χ0v) is 11.6. The van der Waals surface area contributed by atoms with E-state index in [-0.39, 0.29) is 12.0 Å². The molecule has 18 heavy (non-hydrogen) atoms. The van der Waals surface area contributed by atoms with Gasteiger partial charge in [-0.1, -0.05) is 13.8 Å². The summed E-state index contributed by atoms with van der Waals surface area (Å²) in [5.74, 6) is 1.51. The maximum atomic E-state index is 10.4.